The number of nitrogens with two attached hydrogens (primary N) is 1. The molecule has 3 N–H and O–H groups in total. The third-order valence-electron chi connectivity index (χ3n) is 5.37. The minimum absolute atomic E-state index is 0.352. The molecule has 1 aromatic carbocycles. The third-order valence-corrected chi connectivity index (χ3v) is 5.37. The molecule has 0 spiro atoms. The van der Waals surface area contributed by atoms with E-state index in [4.69, 9.17) is 10.5 Å². The lowest BCUT2D eigenvalue weighted by molar-refractivity contribution is 0.125. The zero-order chi connectivity index (χ0) is 19.8. The Balaban J connectivity index is 1.57. The number of aliphatic imine (C=N–C) groups is 1. The Labute approximate surface area is 167 Å². The monoisotopic (exact) mass is 381 g/mol. The van der Waals surface area contributed by atoms with Gasteiger partial charge >= 0.3 is 0 Å². The van der Waals surface area contributed by atoms with Crippen LogP contribution in [0.3, 0.4) is 0 Å². The first kappa shape index (κ1) is 20.1. The van der Waals surface area contributed by atoms with Gasteiger partial charge in [0.2, 0.25) is 0 Å². The second-order valence-electron chi connectivity index (χ2n) is 7.32. The Hall–Kier alpha value is -2.60. The van der Waals surface area contributed by atoms with Gasteiger partial charge in [-0.15, -0.1) is 0 Å². The summed E-state index contributed by atoms with van der Waals surface area (Å²) in [5.74, 6) is 1.85. The lowest BCUT2D eigenvalue weighted by Crippen LogP contribution is -2.39. The highest BCUT2D eigenvalue weighted by atomic mass is 16.5. The molecular formula is C22H31N5O. The quantitative estimate of drug-likeness (QED) is 0.570. The van der Waals surface area contributed by atoms with E-state index >= 15 is 0 Å². The summed E-state index contributed by atoms with van der Waals surface area (Å²) in [7, 11) is 3.89. The first-order valence-corrected chi connectivity index (χ1v) is 9.95. The van der Waals surface area contributed by atoms with Gasteiger partial charge in [0.1, 0.15) is 5.75 Å². The van der Waals surface area contributed by atoms with Crippen LogP contribution in [-0.2, 0) is 6.42 Å². The van der Waals surface area contributed by atoms with E-state index in [1.165, 1.54) is 12.0 Å². The number of rotatable bonds is 7. The molecule has 6 heteroatoms. The van der Waals surface area contributed by atoms with Crippen molar-refractivity contribution in [1.82, 2.24) is 15.2 Å². The molecule has 1 aromatic heterocycles. The fourth-order valence-corrected chi connectivity index (χ4v) is 3.91. The number of hydrogen-bond donors (Lipinski definition) is 2. The molecule has 1 aliphatic heterocycles. The number of benzene rings is 1. The van der Waals surface area contributed by atoms with Crippen molar-refractivity contribution < 1.29 is 4.74 Å². The van der Waals surface area contributed by atoms with Crippen LogP contribution in [0, 0.1) is 5.92 Å². The molecule has 28 heavy (non-hydrogen) atoms. The van der Waals surface area contributed by atoms with Crippen LogP contribution in [0.5, 0.6) is 5.75 Å². The van der Waals surface area contributed by atoms with Crippen molar-refractivity contribution in [3.05, 3.63) is 59.9 Å². The molecule has 150 valence electrons. The molecule has 0 aliphatic carbocycles. The van der Waals surface area contributed by atoms with Gasteiger partial charge < -0.3 is 15.8 Å². The lowest BCUT2D eigenvalue weighted by atomic mass is 9.85. The highest BCUT2D eigenvalue weighted by molar-refractivity contribution is 5.77. The third kappa shape index (κ3) is 5.45. The molecule has 0 saturated carbocycles. The van der Waals surface area contributed by atoms with E-state index in [1.54, 1.807) is 7.11 Å². The van der Waals surface area contributed by atoms with Gasteiger partial charge in [-0.2, -0.15) is 0 Å². The van der Waals surface area contributed by atoms with Gasteiger partial charge in [0.25, 0.3) is 0 Å². The van der Waals surface area contributed by atoms with Gasteiger partial charge in [-0.1, -0.05) is 18.2 Å². The fourth-order valence-electron chi connectivity index (χ4n) is 3.91. The minimum Gasteiger partial charge on any atom is -0.497 e. The Morgan fingerprint density at radius 3 is 2.82 bits per heavy atom. The first-order chi connectivity index (χ1) is 13.7. The largest absolute Gasteiger partial charge is 0.497 e. The smallest absolute Gasteiger partial charge is 0.188 e. The van der Waals surface area contributed by atoms with E-state index in [0.29, 0.717) is 17.9 Å². The second-order valence-corrected chi connectivity index (χ2v) is 7.32. The Morgan fingerprint density at radius 2 is 2.11 bits per heavy atom. The molecule has 0 bridgehead atoms. The van der Waals surface area contributed by atoms with Crippen LogP contribution in [0.4, 0.5) is 0 Å². The molecular weight excluding hydrogens is 350 g/mol. The molecule has 1 saturated heterocycles. The topological polar surface area (TPSA) is 75.8 Å². The predicted molar refractivity (Wildman–Crippen MR) is 114 cm³/mol. The van der Waals surface area contributed by atoms with Gasteiger partial charge in [-0.05, 0) is 62.2 Å². The minimum atomic E-state index is 0.352. The SMILES string of the molecule is COc1ccc(C2C(CN=C(N)NCCc3ccccn3)CCCN2C)cc1. The summed E-state index contributed by atoms with van der Waals surface area (Å²) < 4.78 is 5.29. The van der Waals surface area contributed by atoms with Crippen molar-refractivity contribution in [2.24, 2.45) is 16.6 Å². The van der Waals surface area contributed by atoms with Crippen LogP contribution in [0.15, 0.2) is 53.7 Å². The van der Waals surface area contributed by atoms with Crippen molar-refractivity contribution in [3.8, 4) is 5.75 Å². The molecule has 6 nitrogen and oxygen atoms in total. The van der Waals surface area contributed by atoms with Crippen LogP contribution in [0.1, 0.15) is 30.1 Å². The van der Waals surface area contributed by atoms with Crippen LogP contribution in [0.25, 0.3) is 0 Å². The molecule has 2 unspecified atom stereocenters. The summed E-state index contributed by atoms with van der Waals surface area (Å²) in [6, 6.07) is 14.7. The fraction of sp³-hybridized carbons (Fsp3) is 0.455. The number of methoxy groups -OCH3 is 1. The number of nitrogens with zero attached hydrogens (tertiary/aromatic N) is 3. The Morgan fingerprint density at radius 1 is 1.29 bits per heavy atom. The zero-order valence-corrected chi connectivity index (χ0v) is 16.8. The molecule has 0 amide bonds. The van der Waals surface area contributed by atoms with E-state index in [-0.39, 0.29) is 0 Å². The zero-order valence-electron chi connectivity index (χ0n) is 16.8. The molecule has 2 atom stereocenters. The Bertz CT molecular complexity index is 747. The Kier molecular flexibility index (Phi) is 7.25. The summed E-state index contributed by atoms with van der Waals surface area (Å²) in [4.78, 5) is 11.4. The number of guanidine groups is 1. The number of aromatic nitrogens is 1. The van der Waals surface area contributed by atoms with E-state index in [0.717, 1.165) is 43.9 Å². The van der Waals surface area contributed by atoms with Crippen LogP contribution in [-0.4, -0.2) is 49.6 Å². The van der Waals surface area contributed by atoms with Gasteiger partial charge in [0, 0.05) is 37.4 Å². The van der Waals surface area contributed by atoms with Gasteiger partial charge in [0.05, 0.1) is 7.11 Å². The van der Waals surface area contributed by atoms with Crippen LogP contribution >= 0.6 is 0 Å². The van der Waals surface area contributed by atoms with Crippen LogP contribution in [0.2, 0.25) is 0 Å². The van der Waals surface area contributed by atoms with Crippen LogP contribution < -0.4 is 15.8 Å². The lowest BCUT2D eigenvalue weighted by Gasteiger charge is -2.39. The van der Waals surface area contributed by atoms with Gasteiger partial charge in [-0.3, -0.25) is 14.9 Å². The van der Waals surface area contributed by atoms with E-state index in [1.807, 2.05) is 36.5 Å². The normalized spacial score (nSPS) is 20.7. The van der Waals surface area contributed by atoms with Crippen molar-refractivity contribution in [2.45, 2.75) is 25.3 Å². The van der Waals surface area contributed by atoms with Crippen molar-refractivity contribution in [3.63, 3.8) is 0 Å². The number of piperidine rings is 1. The first-order valence-electron chi connectivity index (χ1n) is 9.95. The van der Waals surface area contributed by atoms with Crippen molar-refractivity contribution in [1.29, 1.82) is 0 Å². The van der Waals surface area contributed by atoms with E-state index < -0.39 is 0 Å². The number of hydrogen-bond acceptors (Lipinski definition) is 4. The highest BCUT2D eigenvalue weighted by Gasteiger charge is 2.30. The summed E-state index contributed by atoms with van der Waals surface area (Å²) in [6.45, 7) is 2.57. The number of likely N-dealkylation sites (tertiary alicyclic amines) is 1. The number of ether oxygens (including phenoxy) is 1. The van der Waals surface area contributed by atoms with E-state index in [2.05, 4.69) is 39.4 Å². The number of pyridine rings is 1. The van der Waals surface area contributed by atoms with Gasteiger partial charge in [0.15, 0.2) is 5.96 Å². The average Bonchev–Trinajstić information content (AvgIpc) is 2.73. The predicted octanol–water partition coefficient (Wildman–Crippen LogP) is 2.62. The summed E-state index contributed by atoms with van der Waals surface area (Å²) in [5, 5.41) is 3.21. The summed E-state index contributed by atoms with van der Waals surface area (Å²) in [5.41, 5.74) is 8.46. The molecule has 1 aliphatic rings. The average molecular weight is 382 g/mol. The maximum Gasteiger partial charge on any atom is 0.188 e. The molecule has 2 heterocycles. The maximum absolute atomic E-state index is 6.10. The molecule has 0 radical (unpaired) electrons. The maximum atomic E-state index is 6.10. The van der Waals surface area contributed by atoms with Crippen molar-refractivity contribution in [2.75, 3.05) is 33.8 Å². The highest BCUT2D eigenvalue weighted by Crippen LogP contribution is 2.35. The molecule has 1 fully saturated rings. The standard InChI is InChI=1S/C22H31N5O/c1-27-15-5-6-18(21(27)17-8-10-20(28-2)11-9-17)16-26-22(23)25-14-12-19-7-3-4-13-24-19/h3-4,7-11,13,18,21H,5-6,12,14-16H2,1-2H3,(H3,23,25,26). The molecule has 3 rings (SSSR count). The van der Waals surface area contributed by atoms with E-state index in [9.17, 15) is 0 Å². The second kappa shape index (κ2) is 10.1. The number of nitrogens with one attached hydrogen (secondary N) is 1. The van der Waals surface area contributed by atoms with Crippen molar-refractivity contribution >= 4 is 5.96 Å². The molecule has 2 aromatic rings. The van der Waals surface area contributed by atoms with Gasteiger partial charge in [-0.25, -0.2) is 0 Å². The summed E-state index contributed by atoms with van der Waals surface area (Å²) in [6.07, 6.45) is 4.99. The summed E-state index contributed by atoms with van der Waals surface area (Å²) >= 11 is 0.